The summed E-state index contributed by atoms with van der Waals surface area (Å²) in [5.74, 6) is 0.814. The second-order valence-electron chi connectivity index (χ2n) is 7.70. The highest BCUT2D eigenvalue weighted by Crippen LogP contribution is 2.27. The molecule has 0 spiro atoms. The van der Waals surface area contributed by atoms with Gasteiger partial charge < -0.3 is 14.5 Å². The largest absolute Gasteiger partial charge is 0.490 e. The van der Waals surface area contributed by atoms with Crippen molar-refractivity contribution >= 4 is 22.5 Å². The van der Waals surface area contributed by atoms with Gasteiger partial charge in [-0.15, -0.1) is 5.10 Å². The number of H-pyrrole nitrogens is 1. The number of ether oxygens (including phenoxy) is 2. The van der Waals surface area contributed by atoms with E-state index in [2.05, 4.69) is 15.3 Å². The first kappa shape index (κ1) is 19.8. The second-order valence-corrected chi connectivity index (χ2v) is 8.13. The van der Waals surface area contributed by atoms with E-state index in [1.807, 2.05) is 24.3 Å². The van der Waals surface area contributed by atoms with Crippen LogP contribution in [0.3, 0.4) is 0 Å². The average molecular weight is 437 g/mol. The van der Waals surface area contributed by atoms with E-state index in [0.29, 0.717) is 16.3 Å². The van der Waals surface area contributed by atoms with Crippen molar-refractivity contribution in [2.24, 2.45) is 0 Å². The lowest BCUT2D eigenvalue weighted by Gasteiger charge is -2.14. The molecule has 2 aromatic carbocycles. The lowest BCUT2D eigenvalue weighted by molar-refractivity contribution is 0.0947. The highest BCUT2D eigenvalue weighted by Gasteiger charge is 2.25. The Hall–Kier alpha value is -3.16. The van der Waals surface area contributed by atoms with Gasteiger partial charge in [-0.05, 0) is 61.4 Å². The van der Waals surface area contributed by atoms with Gasteiger partial charge in [-0.3, -0.25) is 4.79 Å². The van der Waals surface area contributed by atoms with Crippen molar-refractivity contribution in [3.05, 3.63) is 70.1 Å². The number of pyridine rings is 1. The molecule has 1 aliphatic carbocycles. The van der Waals surface area contributed by atoms with Crippen LogP contribution in [0.2, 0.25) is 5.02 Å². The van der Waals surface area contributed by atoms with Crippen LogP contribution in [0.4, 0.5) is 0 Å². The first-order valence-electron chi connectivity index (χ1n) is 10.1. The highest BCUT2D eigenvalue weighted by atomic mass is 35.5. The van der Waals surface area contributed by atoms with Crippen molar-refractivity contribution in [2.45, 2.75) is 31.5 Å². The summed E-state index contributed by atoms with van der Waals surface area (Å²) < 4.78 is 13.1. The van der Waals surface area contributed by atoms with Crippen molar-refractivity contribution in [3.63, 3.8) is 0 Å². The van der Waals surface area contributed by atoms with Crippen molar-refractivity contribution < 1.29 is 9.47 Å². The first-order valence-corrected chi connectivity index (χ1v) is 10.5. The van der Waals surface area contributed by atoms with Crippen molar-refractivity contribution in [2.75, 3.05) is 7.11 Å². The summed E-state index contributed by atoms with van der Waals surface area (Å²) in [5.41, 5.74) is 2.25. The van der Waals surface area contributed by atoms with Gasteiger partial charge in [0.2, 0.25) is 0 Å². The summed E-state index contributed by atoms with van der Waals surface area (Å²) in [4.78, 5) is 15.4. The van der Waals surface area contributed by atoms with Gasteiger partial charge in [-0.1, -0.05) is 16.8 Å². The zero-order chi connectivity index (χ0) is 21.4. The molecule has 0 saturated heterocycles. The number of nitrogens with one attached hydrogen (secondary N) is 1. The third kappa shape index (κ3) is 4.06. The van der Waals surface area contributed by atoms with Crippen LogP contribution >= 0.6 is 11.6 Å². The molecule has 7 nitrogen and oxygen atoms in total. The molecular formula is C23H21ClN4O3. The molecule has 0 bridgehead atoms. The maximum Gasteiger partial charge on any atom is 0.258 e. The molecule has 8 heteroatoms. The minimum atomic E-state index is -0.225. The molecule has 1 aliphatic rings. The van der Waals surface area contributed by atoms with Gasteiger partial charge in [-0.2, -0.15) is 0 Å². The lowest BCUT2D eigenvalue weighted by atomic mass is 10.1. The molecular weight excluding hydrogens is 416 g/mol. The predicted octanol–water partition coefficient (Wildman–Crippen LogP) is 4.38. The predicted molar refractivity (Wildman–Crippen MR) is 119 cm³/mol. The molecule has 2 atom stereocenters. The van der Waals surface area contributed by atoms with Crippen molar-refractivity contribution in [1.29, 1.82) is 0 Å². The third-order valence-electron chi connectivity index (χ3n) is 5.65. The monoisotopic (exact) mass is 436 g/mol. The number of halogens is 1. The highest BCUT2D eigenvalue weighted by molar-refractivity contribution is 6.31. The zero-order valence-electron chi connectivity index (χ0n) is 16.9. The molecule has 5 rings (SSSR count). The Bertz CT molecular complexity index is 1280. The van der Waals surface area contributed by atoms with Gasteiger partial charge in [0.15, 0.2) is 0 Å². The maximum atomic E-state index is 12.5. The number of hydrogen-bond acceptors (Lipinski definition) is 5. The molecule has 0 radical (unpaired) electrons. The van der Waals surface area contributed by atoms with Crippen molar-refractivity contribution in [3.8, 4) is 22.7 Å². The van der Waals surface area contributed by atoms with E-state index in [1.165, 1.54) is 0 Å². The Balaban J connectivity index is 1.36. The second kappa shape index (κ2) is 8.17. The van der Waals surface area contributed by atoms with Crippen LogP contribution in [0.1, 0.15) is 19.3 Å². The molecule has 31 heavy (non-hydrogen) atoms. The summed E-state index contributed by atoms with van der Waals surface area (Å²) >= 11 is 6.08. The SMILES string of the molecule is CO[C@@H]1CC[C@H](Oc2ccc(-n3cc(-c4cc5cc(Cl)ccc5[nH]c4=O)nn3)cc2)C1. The Labute approximate surface area is 183 Å². The Morgan fingerprint density at radius 1 is 1.10 bits per heavy atom. The van der Waals surface area contributed by atoms with Crippen molar-refractivity contribution in [1.82, 2.24) is 20.0 Å². The van der Waals surface area contributed by atoms with E-state index < -0.39 is 0 Å². The van der Waals surface area contributed by atoms with Crippen LogP contribution in [0.25, 0.3) is 27.8 Å². The summed E-state index contributed by atoms with van der Waals surface area (Å²) in [7, 11) is 1.75. The van der Waals surface area contributed by atoms with Crippen LogP contribution in [0.5, 0.6) is 5.75 Å². The van der Waals surface area contributed by atoms with Gasteiger partial charge >= 0.3 is 0 Å². The normalized spacial score (nSPS) is 18.5. The zero-order valence-corrected chi connectivity index (χ0v) is 17.7. The molecule has 0 amide bonds. The number of methoxy groups -OCH3 is 1. The van der Waals surface area contributed by atoms with Crippen LogP contribution in [0, 0.1) is 0 Å². The van der Waals surface area contributed by atoms with E-state index in [9.17, 15) is 4.79 Å². The third-order valence-corrected chi connectivity index (χ3v) is 5.88. The Morgan fingerprint density at radius 2 is 1.90 bits per heavy atom. The molecule has 158 valence electrons. The van der Waals surface area contributed by atoms with Gasteiger partial charge in [0.05, 0.1) is 23.6 Å². The number of rotatable bonds is 5. The molecule has 2 heterocycles. The van der Waals surface area contributed by atoms with Gasteiger partial charge in [-0.25, -0.2) is 4.68 Å². The lowest BCUT2D eigenvalue weighted by Crippen LogP contribution is -2.14. The summed E-state index contributed by atoms with van der Waals surface area (Å²) in [6.45, 7) is 0. The van der Waals surface area contributed by atoms with Crippen LogP contribution < -0.4 is 10.3 Å². The van der Waals surface area contributed by atoms with E-state index in [0.717, 1.165) is 41.6 Å². The molecule has 1 N–H and O–H groups in total. The summed E-state index contributed by atoms with van der Waals surface area (Å²) in [6.07, 6.45) is 5.14. The molecule has 2 aromatic heterocycles. The number of nitrogens with zero attached hydrogens (tertiary/aromatic N) is 3. The van der Waals surface area contributed by atoms with E-state index in [1.54, 1.807) is 42.3 Å². The van der Waals surface area contributed by atoms with Crippen LogP contribution in [0.15, 0.2) is 59.5 Å². The van der Waals surface area contributed by atoms with Crippen LogP contribution in [-0.2, 0) is 4.74 Å². The van der Waals surface area contributed by atoms with E-state index >= 15 is 0 Å². The molecule has 0 aliphatic heterocycles. The fourth-order valence-corrected chi connectivity index (χ4v) is 4.15. The Kier molecular flexibility index (Phi) is 5.21. The quantitative estimate of drug-likeness (QED) is 0.502. The van der Waals surface area contributed by atoms with Gasteiger partial charge in [0, 0.05) is 29.5 Å². The summed E-state index contributed by atoms with van der Waals surface area (Å²) in [6, 6.07) is 14.8. The standard InChI is InChI=1S/C23H21ClN4O3/c1-30-18-7-8-19(12-18)31-17-5-3-16(4-6-17)28-13-22(26-27-28)20-11-14-10-15(24)2-9-21(14)25-23(20)29/h2-6,9-11,13,18-19H,7-8,12H2,1H3,(H,25,29)/t18-,19+/m1/s1. The number of aromatic amines is 1. The fraction of sp³-hybridized carbons (Fsp3) is 0.261. The number of benzene rings is 2. The molecule has 0 unspecified atom stereocenters. The van der Waals surface area contributed by atoms with E-state index in [-0.39, 0.29) is 17.8 Å². The fourth-order valence-electron chi connectivity index (χ4n) is 3.97. The minimum absolute atomic E-state index is 0.182. The number of aromatic nitrogens is 4. The van der Waals surface area contributed by atoms with Crippen LogP contribution in [-0.4, -0.2) is 39.3 Å². The number of fused-ring (bicyclic) bond motifs is 1. The number of hydrogen-bond donors (Lipinski definition) is 1. The average Bonchev–Trinajstić information content (AvgIpc) is 3.44. The Morgan fingerprint density at radius 3 is 2.68 bits per heavy atom. The van der Waals surface area contributed by atoms with Gasteiger partial charge in [0.1, 0.15) is 17.5 Å². The summed E-state index contributed by atoms with van der Waals surface area (Å²) in [5, 5.41) is 9.81. The molecule has 4 aromatic rings. The maximum absolute atomic E-state index is 12.5. The minimum Gasteiger partial charge on any atom is -0.490 e. The van der Waals surface area contributed by atoms with Gasteiger partial charge in [0.25, 0.3) is 5.56 Å². The molecule has 1 saturated carbocycles. The topological polar surface area (TPSA) is 82.0 Å². The molecule has 1 fully saturated rings. The smallest absolute Gasteiger partial charge is 0.258 e. The first-order chi connectivity index (χ1) is 15.1. The van der Waals surface area contributed by atoms with E-state index in [4.69, 9.17) is 21.1 Å².